The van der Waals surface area contributed by atoms with Gasteiger partial charge in [0.15, 0.2) is 6.04 Å². The third-order valence-corrected chi connectivity index (χ3v) is 8.05. The van der Waals surface area contributed by atoms with Gasteiger partial charge >= 0.3 is 12.1 Å². The maximum absolute atomic E-state index is 13.6. The van der Waals surface area contributed by atoms with Crippen molar-refractivity contribution >= 4 is 41.5 Å². The molecule has 1 unspecified atom stereocenters. The molecule has 0 radical (unpaired) electrons. The summed E-state index contributed by atoms with van der Waals surface area (Å²) in [5.74, 6) is -5.00. The molecule has 1 aromatic rings. The van der Waals surface area contributed by atoms with Gasteiger partial charge in [0.25, 0.3) is 5.91 Å². The van der Waals surface area contributed by atoms with E-state index in [1.165, 1.54) is 12.1 Å². The molecule has 0 heterocycles. The number of carbonyl (C=O) groups is 7. The van der Waals surface area contributed by atoms with Crippen molar-refractivity contribution in [2.24, 2.45) is 23.2 Å². The van der Waals surface area contributed by atoms with Gasteiger partial charge in [-0.15, -0.1) is 0 Å². The molecule has 0 saturated heterocycles. The van der Waals surface area contributed by atoms with Gasteiger partial charge in [-0.2, -0.15) is 0 Å². The molecule has 2 saturated carbocycles. The lowest BCUT2D eigenvalue weighted by molar-refractivity contribution is -0.142. The lowest BCUT2D eigenvalue weighted by Gasteiger charge is -2.32. The molecule has 6 N–H and O–H groups in total. The molecule has 2 aliphatic carbocycles. The number of aliphatic carboxylic acids is 1. The minimum Gasteiger partial charge on any atom is -0.479 e. The van der Waals surface area contributed by atoms with Crippen LogP contribution in [0.5, 0.6) is 0 Å². The van der Waals surface area contributed by atoms with Crippen LogP contribution in [-0.4, -0.2) is 77.9 Å². The highest BCUT2D eigenvalue weighted by Gasteiger charge is 2.39. The van der Waals surface area contributed by atoms with Crippen molar-refractivity contribution < 1.29 is 43.4 Å². The average molecular weight is 672 g/mol. The zero-order valence-corrected chi connectivity index (χ0v) is 28.3. The van der Waals surface area contributed by atoms with Crippen molar-refractivity contribution in [2.45, 2.75) is 97.3 Å². The van der Waals surface area contributed by atoms with E-state index in [1.54, 1.807) is 39.0 Å². The molecule has 5 amide bonds. The van der Waals surface area contributed by atoms with Gasteiger partial charge in [-0.1, -0.05) is 90.6 Å². The largest absolute Gasteiger partial charge is 0.479 e. The number of benzene rings is 1. The number of Topliss-reactive ketones (excluding diaryl/α,β-unsaturated/α-hetero) is 1. The fourth-order valence-corrected chi connectivity index (χ4v) is 4.99. The highest BCUT2D eigenvalue weighted by Crippen LogP contribution is 2.35. The standard InChI is InChI=1S/C34H49N5O9/c1-19(2)18-48-33(47)39-28(34(3,4)5)31(44)37-24(16-21-13-14-21)29(42)36-23(15-20-11-12-20)27(41)30(43)35-17-25(40)38-26(32(45)46)22-9-7-6-8-10-22/h6-10,19-21,23-24,26,28H,11-18H2,1-5H3,(H,35,43)(H,36,42)(H,37,44)(H,38,40)(H,39,47)(H,45,46)/t23?,24-,26-,28+/m0/s1. The van der Waals surface area contributed by atoms with E-state index in [9.17, 15) is 38.7 Å². The molecule has 2 fully saturated rings. The minimum absolute atomic E-state index is 0.0961. The first-order valence-corrected chi connectivity index (χ1v) is 16.5. The first-order valence-electron chi connectivity index (χ1n) is 16.5. The van der Waals surface area contributed by atoms with Gasteiger partial charge in [0.2, 0.25) is 23.5 Å². The molecular weight excluding hydrogens is 622 g/mol. The molecule has 264 valence electrons. The topological polar surface area (TPSA) is 209 Å². The fourth-order valence-electron chi connectivity index (χ4n) is 4.99. The second-order valence-corrected chi connectivity index (χ2v) is 14.2. The predicted octanol–water partition coefficient (Wildman–Crippen LogP) is 1.98. The van der Waals surface area contributed by atoms with Crippen LogP contribution in [0.4, 0.5) is 4.79 Å². The van der Waals surface area contributed by atoms with Gasteiger partial charge in [-0.05, 0) is 41.6 Å². The summed E-state index contributed by atoms with van der Waals surface area (Å²) >= 11 is 0. The summed E-state index contributed by atoms with van der Waals surface area (Å²) in [5.41, 5.74) is -0.404. The predicted molar refractivity (Wildman–Crippen MR) is 174 cm³/mol. The fraction of sp³-hybridized carbons (Fsp3) is 0.618. The number of ketones is 1. The SMILES string of the molecule is CC(C)COC(=O)N[C@H](C(=O)N[C@@H](CC1CC1)C(=O)NC(CC1CC1)C(=O)C(=O)NCC(=O)N[C@H](C(=O)O)c1ccccc1)C(C)(C)C. The third-order valence-electron chi connectivity index (χ3n) is 8.05. The molecule has 14 heteroatoms. The van der Waals surface area contributed by atoms with Crippen LogP contribution in [-0.2, 0) is 33.5 Å². The van der Waals surface area contributed by atoms with Crippen molar-refractivity contribution in [2.75, 3.05) is 13.2 Å². The maximum Gasteiger partial charge on any atom is 0.407 e. The molecule has 2 aliphatic rings. The highest BCUT2D eigenvalue weighted by molar-refractivity contribution is 6.38. The molecular formula is C34H49N5O9. The molecule has 0 aromatic heterocycles. The van der Waals surface area contributed by atoms with E-state index in [-0.39, 0.29) is 30.8 Å². The molecule has 0 bridgehead atoms. The number of nitrogens with one attached hydrogen (secondary N) is 5. The summed E-state index contributed by atoms with van der Waals surface area (Å²) in [6.07, 6.45) is 3.18. The lowest BCUT2D eigenvalue weighted by Crippen LogP contribution is -2.59. The Morgan fingerprint density at radius 1 is 0.812 bits per heavy atom. The molecule has 1 aromatic carbocycles. The number of hydrogen-bond acceptors (Lipinski definition) is 8. The maximum atomic E-state index is 13.6. The van der Waals surface area contributed by atoms with Crippen molar-refractivity contribution in [3.8, 4) is 0 Å². The van der Waals surface area contributed by atoms with Crippen LogP contribution in [0.1, 0.15) is 84.7 Å². The molecule has 14 nitrogen and oxygen atoms in total. The van der Waals surface area contributed by atoms with E-state index in [0.29, 0.717) is 12.0 Å². The summed E-state index contributed by atoms with van der Waals surface area (Å²) in [7, 11) is 0. The van der Waals surface area contributed by atoms with Gasteiger partial charge in [0.05, 0.1) is 19.2 Å². The zero-order valence-electron chi connectivity index (χ0n) is 28.3. The van der Waals surface area contributed by atoms with E-state index in [2.05, 4.69) is 26.6 Å². The normalized spacial score (nSPS) is 16.8. The Morgan fingerprint density at radius 3 is 1.90 bits per heavy atom. The van der Waals surface area contributed by atoms with Gasteiger partial charge in [-0.25, -0.2) is 9.59 Å². The number of rotatable bonds is 18. The quantitative estimate of drug-likeness (QED) is 0.126. The number of hydrogen-bond donors (Lipinski definition) is 6. The molecule has 4 atom stereocenters. The summed E-state index contributed by atoms with van der Waals surface area (Å²) in [4.78, 5) is 89.9. The van der Waals surface area contributed by atoms with Crippen molar-refractivity contribution in [1.82, 2.24) is 26.6 Å². The smallest absolute Gasteiger partial charge is 0.407 e. The Morgan fingerprint density at radius 2 is 1.38 bits per heavy atom. The first kappa shape index (κ1) is 38.0. The number of alkyl carbamates (subject to hydrolysis) is 1. The van der Waals surface area contributed by atoms with E-state index < -0.39 is 77.6 Å². The Hall–Kier alpha value is -4.49. The Balaban J connectivity index is 1.64. The van der Waals surface area contributed by atoms with Crippen molar-refractivity contribution in [3.63, 3.8) is 0 Å². The number of ether oxygens (including phenoxy) is 1. The molecule has 3 rings (SSSR count). The van der Waals surface area contributed by atoms with Crippen LogP contribution < -0.4 is 26.6 Å². The zero-order chi connectivity index (χ0) is 35.6. The van der Waals surface area contributed by atoms with E-state index in [1.807, 2.05) is 13.8 Å². The van der Waals surface area contributed by atoms with Crippen LogP contribution in [0.3, 0.4) is 0 Å². The molecule has 0 aliphatic heterocycles. The summed E-state index contributed by atoms with van der Waals surface area (Å²) < 4.78 is 5.20. The number of carbonyl (C=O) groups excluding carboxylic acids is 6. The Bertz CT molecular complexity index is 1340. The summed E-state index contributed by atoms with van der Waals surface area (Å²) in [5, 5.41) is 22.1. The van der Waals surface area contributed by atoms with Crippen LogP contribution in [0.2, 0.25) is 0 Å². The number of carboxylic acid groups (broad SMARTS) is 1. The minimum atomic E-state index is -1.36. The second kappa shape index (κ2) is 17.1. The third kappa shape index (κ3) is 12.6. The number of carboxylic acids is 1. The lowest BCUT2D eigenvalue weighted by atomic mass is 9.86. The highest BCUT2D eigenvalue weighted by atomic mass is 16.5. The average Bonchev–Trinajstić information content (AvgIpc) is 3.96. The van der Waals surface area contributed by atoms with Crippen LogP contribution in [0.15, 0.2) is 30.3 Å². The van der Waals surface area contributed by atoms with Gasteiger partial charge in [0, 0.05) is 0 Å². The first-order chi connectivity index (χ1) is 22.5. The van der Waals surface area contributed by atoms with E-state index >= 15 is 0 Å². The Labute approximate surface area is 280 Å². The molecule has 0 spiro atoms. The van der Waals surface area contributed by atoms with Gasteiger partial charge < -0.3 is 36.4 Å². The van der Waals surface area contributed by atoms with Crippen LogP contribution in [0.25, 0.3) is 0 Å². The summed E-state index contributed by atoms with van der Waals surface area (Å²) in [6.45, 7) is 8.57. The van der Waals surface area contributed by atoms with E-state index in [4.69, 9.17) is 4.74 Å². The monoisotopic (exact) mass is 671 g/mol. The van der Waals surface area contributed by atoms with E-state index in [0.717, 1.165) is 25.7 Å². The van der Waals surface area contributed by atoms with Crippen LogP contribution >= 0.6 is 0 Å². The van der Waals surface area contributed by atoms with Crippen molar-refractivity contribution in [3.05, 3.63) is 35.9 Å². The summed E-state index contributed by atoms with van der Waals surface area (Å²) in [6, 6.07) is 3.39. The van der Waals surface area contributed by atoms with Gasteiger partial charge in [0.1, 0.15) is 12.1 Å². The molecule has 48 heavy (non-hydrogen) atoms. The second-order valence-electron chi connectivity index (χ2n) is 14.2. The van der Waals surface area contributed by atoms with Gasteiger partial charge in [-0.3, -0.25) is 24.0 Å². The van der Waals surface area contributed by atoms with Crippen LogP contribution in [0, 0.1) is 23.2 Å². The number of amides is 5. The van der Waals surface area contributed by atoms with Crippen molar-refractivity contribution in [1.29, 1.82) is 0 Å². The Kier molecular flexibility index (Phi) is 13.5.